The first kappa shape index (κ1) is 17.9. The number of phenolic OH excluding ortho intramolecular Hbond substituents is 1. The van der Waals surface area contributed by atoms with E-state index in [2.05, 4.69) is 15.3 Å². The van der Waals surface area contributed by atoms with E-state index >= 15 is 0 Å². The summed E-state index contributed by atoms with van der Waals surface area (Å²) in [5.41, 5.74) is 1.78. The average molecular weight is 374 g/mol. The second kappa shape index (κ2) is 8.01. The standard InChI is InChI=1S/C19H17ClFN3O2/c1-26-19-23-17(12-4-2-5-13(25)10-12)11-18(24-19)22-9-8-14-15(20)6-3-7-16(14)21/h2-7,10-11,25H,8-9H2,1H3,(H,22,23,24). The van der Waals surface area contributed by atoms with E-state index in [1.54, 1.807) is 36.4 Å². The maximum atomic E-state index is 13.8. The first-order valence-electron chi connectivity index (χ1n) is 7.96. The van der Waals surface area contributed by atoms with Crippen molar-refractivity contribution in [3.63, 3.8) is 0 Å². The second-order valence-corrected chi connectivity index (χ2v) is 5.96. The van der Waals surface area contributed by atoms with Crippen molar-refractivity contribution in [1.82, 2.24) is 9.97 Å². The third kappa shape index (κ3) is 4.21. The molecule has 0 aliphatic carbocycles. The molecule has 0 amide bonds. The van der Waals surface area contributed by atoms with Gasteiger partial charge < -0.3 is 15.2 Å². The number of halogens is 2. The zero-order valence-electron chi connectivity index (χ0n) is 14.0. The monoisotopic (exact) mass is 373 g/mol. The number of benzene rings is 2. The normalized spacial score (nSPS) is 10.6. The van der Waals surface area contributed by atoms with Gasteiger partial charge in [-0.15, -0.1) is 0 Å². The number of hydrogen-bond donors (Lipinski definition) is 2. The number of nitrogens with zero attached hydrogens (tertiary/aromatic N) is 2. The summed E-state index contributed by atoms with van der Waals surface area (Å²) in [6, 6.07) is 13.3. The third-order valence-electron chi connectivity index (χ3n) is 3.77. The van der Waals surface area contributed by atoms with Gasteiger partial charge in [-0.3, -0.25) is 0 Å². The quantitative estimate of drug-likeness (QED) is 0.674. The lowest BCUT2D eigenvalue weighted by Crippen LogP contribution is -2.09. The summed E-state index contributed by atoms with van der Waals surface area (Å²) in [4.78, 5) is 8.53. The Kier molecular flexibility index (Phi) is 5.53. The van der Waals surface area contributed by atoms with E-state index in [0.717, 1.165) is 5.56 Å². The summed E-state index contributed by atoms with van der Waals surface area (Å²) >= 11 is 6.04. The summed E-state index contributed by atoms with van der Waals surface area (Å²) in [6.07, 6.45) is 0.402. The van der Waals surface area contributed by atoms with Gasteiger partial charge in [0.05, 0.1) is 12.8 Å². The van der Waals surface area contributed by atoms with Gasteiger partial charge in [-0.25, -0.2) is 4.39 Å². The van der Waals surface area contributed by atoms with Crippen LogP contribution in [0.4, 0.5) is 10.2 Å². The van der Waals surface area contributed by atoms with Crippen LogP contribution in [-0.4, -0.2) is 28.7 Å². The molecule has 0 atom stereocenters. The smallest absolute Gasteiger partial charge is 0.318 e. The molecule has 7 heteroatoms. The lowest BCUT2D eigenvalue weighted by atomic mass is 10.1. The molecule has 0 aliphatic heterocycles. The largest absolute Gasteiger partial charge is 0.508 e. The van der Waals surface area contributed by atoms with Crippen LogP contribution in [0.15, 0.2) is 48.5 Å². The third-order valence-corrected chi connectivity index (χ3v) is 4.13. The van der Waals surface area contributed by atoms with E-state index in [-0.39, 0.29) is 17.6 Å². The Balaban J connectivity index is 1.78. The van der Waals surface area contributed by atoms with Crippen LogP contribution in [0.3, 0.4) is 0 Å². The molecule has 0 bridgehead atoms. The minimum atomic E-state index is -0.333. The van der Waals surface area contributed by atoms with Gasteiger partial charge in [-0.1, -0.05) is 29.8 Å². The van der Waals surface area contributed by atoms with Crippen LogP contribution < -0.4 is 10.1 Å². The summed E-state index contributed by atoms with van der Waals surface area (Å²) in [5, 5.41) is 13.2. The van der Waals surface area contributed by atoms with Gasteiger partial charge in [0.1, 0.15) is 17.4 Å². The highest BCUT2D eigenvalue weighted by Gasteiger charge is 2.10. The molecule has 5 nitrogen and oxygen atoms in total. The molecule has 0 radical (unpaired) electrons. The van der Waals surface area contributed by atoms with Crippen LogP contribution in [0.5, 0.6) is 11.8 Å². The van der Waals surface area contributed by atoms with Crippen LogP contribution in [0.1, 0.15) is 5.56 Å². The lowest BCUT2D eigenvalue weighted by molar-refractivity contribution is 0.381. The van der Waals surface area contributed by atoms with E-state index < -0.39 is 0 Å². The highest BCUT2D eigenvalue weighted by atomic mass is 35.5. The summed E-state index contributed by atoms with van der Waals surface area (Å²) in [6.45, 7) is 0.431. The molecular weight excluding hydrogens is 357 g/mol. The molecule has 3 aromatic rings. The molecule has 0 saturated heterocycles. The number of anilines is 1. The first-order chi connectivity index (χ1) is 12.6. The molecule has 1 heterocycles. The summed E-state index contributed by atoms with van der Waals surface area (Å²) in [5.74, 6) is 0.339. The molecule has 2 N–H and O–H groups in total. The van der Waals surface area contributed by atoms with Crippen LogP contribution in [0.25, 0.3) is 11.3 Å². The minimum absolute atomic E-state index is 0.142. The van der Waals surface area contributed by atoms with Gasteiger partial charge in [0.15, 0.2) is 0 Å². The molecule has 0 spiro atoms. The Morgan fingerprint density at radius 1 is 1.15 bits per heavy atom. The number of aromatic nitrogens is 2. The Morgan fingerprint density at radius 2 is 1.96 bits per heavy atom. The van der Waals surface area contributed by atoms with E-state index in [1.165, 1.54) is 13.2 Å². The van der Waals surface area contributed by atoms with Crippen molar-refractivity contribution in [3.8, 4) is 23.0 Å². The van der Waals surface area contributed by atoms with Crippen LogP contribution in [0.2, 0.25) is 5.02 Å². The molecule has 26 heavy (non-hydrogen) atoms. The fourth-order valence-electron chi connectivity index (χ4n) is 2.51. The topological polar surface area (TPSA) is 67.3 Å². The molecular formula is C19H17ClFN3O2. The van der Waals surface area contributed by atoms with E-state index in [9.17, 15) is 9.50 Å². The molecule has 2 aromatic carbocycles. The SMILES string of the molecule is COc1nc(NCCc2c(F)cccc2Cl)cc(-c2cccc(O)c2)n1. The predicted octanol–water partition coefficient (Wildman–Crippen LogP) is 4.30. The highest BCUT2D eigenvalue weighted by Crippen LogP contribution is 2.25. The van der Waals surface area contributed by atoms with Crippen molar-refractivity contribution in [2.75, 3.05) is 19.0 Å². The van der Waals surface area contributed by atoms with Crippen LogP contribution in [0, 0.1) is 5.82 Å². The highest BCUT2D eigenvalue weighted by molar-refractivity contribution is 6.31. The fourth-order valence-corrected chi connectivity index (χ4v) is 2.76. The predicted molar refractivity (Wildman–Crippen MR) is 99.3 cm³/mol. The molecule has 0 aliphatic rings. The average Bonchev–Trinajstić information content (AvgIpc) is 2.64. The molecule has 1 aromatic heterocycles. The number of phenols is 1. The Morgan fingerprint density at radius 3 is 2.69 bits per heavy atom. The summed E-state index contributed by atoms with van der Waals surface area (Å²) < 4.78 is 19.0. The second-order valence-electron chi connectivity index (χ2n) is 5.55. The van der Waals surface area contributed by atoms with Gasteiger partial charge in [0.2, 0.25) is 0 Å². The summed E-state index contributed by atoms with van der Waals surface area (Å²) in [7, 11) is 1.48. The fraction of sp³-hybridized carbons (Fsp3) is 0.158. The number of hydrogen-bond acceptors (Lipinski definition) is 5. The van der Waals surface area contributed by atoms with Crippen molar-refractivity contribution in [1.29, 1.82) is 0 Å². The minimum Gasteiger partial charge on any atom is -0.508 e. The number of aromatic hydroxyl groups is 1. The molecule has 3 rings (SSSR count). The molecule has 134 valence electrons. The maximum Gasteiger partial charge on any atom is 0.318 e. The number of methoxy groups -OCH3 is 1. The van der Waals surface area contributed by atoms with Crippen molar-refractivity contribution < 1.29 is 14.2 Å². The van der Waals surface area contributed by atoms with Crippen molar-refractivity contribution in [2.24, 2.45) is 0 Å². The Hall–Kier alpha value is -2.86. The van der Waals surface area contributed by atoms with Crippen LogP contribution in [-0.2, 0) is 6.42 Å². The van der Waals surface area contributed by atoms with E-state index in [0.29, 0.717) is 35.1 Å². The Bertz CT molecular complexity index is 901. The lowest BCUT2D eigenvalue weighted by Gasteiger charge is -2.11. The first-order valence-corrected chi connectivity index (χ1v) is 8.34. The molecule has 0 saturated carbocycles. The zero-order valence-corrected chi connectivity index (χ0v) is 14.8. The number of ether oxygens (including phenoxy) is 1. The van der Waals surface area contributed by atoms with E-state index in [4.69, 9.17) is 16.3 Å². The van der Waals surface area contributed by atoms with E-state index in [1.807, 2.05) is 6.07 Å². The van der Waals surface area contributed by atoms with Crippen molar-refractivity contribution in [3.05, 3.63) is 64.9 Å². The molecule has 0 unspecified atom stereocenters. The van der Waals surface area contributed by atoms with Gasteiger partial charge in [0.25, 0.3) is 0 Å². The van der Waals surface area contributed by atoms with Crippen LogP contribution >= 0.6 is 11.6 Å². The Labute approximate surface area is 155 Å². The van der Waals surface area contributed by atoms with Crippen molar-refractivity contribution >= 4 is 17.4 Å². The number of rotatable bonds is 6. The molecule has 0 fully saturated rings. The van der Waals surface area contributed by atoms with Gasteiger partial charge in [0, 0.05) is 28.8 Å². The van der Waals surface area contributed by atoms with Gasteiger partial charge in [-0.05, 0) is 30.7 Å². The zero-order chi connectivity index (χ0) is 18.5. The van der Waals surface area contributed by atoms with Gasteiger partial charge in [-0.2, -0.15) is 9.97 Å². The van der Waals surface area contributed by atoms with Crippen molar-refractivity contribution in [2.45, 2.75) is 6.42 Å². The maximum absolute atomic E-state index is 13.8. The number of nitrogens with one attached hydrogen (secondary N) is 1. The van der Waals surface area contributed by atoms with Gasteiger partial charge >= 0.3 is 6.01 Å².